The van der Waals surface area contributed by atoms with Crippen LogP contribution in [-0.2, 0) is 16.4 Å². The van der Waals surface area contributed by atoms with E-state index in [1.807, 2.05) is 67.9 Å². The molecule has 10 heteroatoms. The average molecular weight is 474 g/mol. The van der Waals surface area contributed by atoms with Crippen molar-refractivity contribution in [1.82, 2.24) is 24.4 Å². The zero-order chi connectivity index (χ0) is 24.1. The van der Waals surface area contributed by atoms with Gasteiger partial charge in [0.1, 0.15) is 5.76 Å². The Morgan fingerprint density at radius 2 is 1.91 bits per heavy atom. The molecule has 3 aromatic heterocycles. The van der Waals surface area contributed by atoms with Crippen LogP contribution in [0.4, 0.5) is 0 Å². The van der Waals surface area contributed by atoms with Gasteiger partial charge in [-0.25, -0.2) is 8.42 Å². The minimum Gasteiger partial charge on any atom is -0.360 e. The van der Waals surface area contributed by atoms with E-state index in [0.29, 0.717) is 30.1 Å². The van der Waals surface area contributed by atoms with Crippen molar-refractivity contribution >= 4 is 15.6 Å². The normalized spacial score (nSPS) is 17.8. The first-order chi connectivity index (χ1) is 15.5. The van der Waals surface area contributed by atoms with Crippen molar-refractivity contribution < 1.29 is 17.7 Å². The Hall–Kier alpha value is -2.72. The molecule has 4 rings (SSSR count). The lowest BCUT2D eigenvalue weighted by Gasteiger charge is -2.17. The van der Waals surface area contributed by atoms with E-state index >= 15 is 0 Å². The molecule has 0 aliphatic carbocycles. The second-order valence-electron chi connectivity index (χ2n) is 9.16. The summed E-state index contributed by atoms with van der Waals surface area (Å²) in [5.41, 5.74) is 5.30. The van der Waals surface area contributed by atoms with E-state index < -0.39 is 9.84 Å². The maximum atomic E-state index is 13.1. The fourth-order valence-electron chi connectivity index (χ4n) is 4.76. The summed E-state index contributed by atoms with van der Waals surface area (Å²) in [6, 6.07) is 3.63. The Labute approximate surface area is 194 Å². The monoisotopic (exact) mass is 473 g/mol. The summed E-state index contributed by atoms with van der Waals surface area (Å²) >= 11 is 0. The van der Waals surface area contributed by atoms with Crippen LogP contribution in [0.2, 0.25) is 0 Å². The van der Waals surface area contributed by atoms with Crippen LogP contribution >= 0.6 is 0 Å². The van der Waals surface area contributed by atoms with E-state index in [9.17, 15) is 13.2 Å². The maximum Gasteiger partial charge on any atom is 0.180 e. The molecule has 0 aromatic carbocycles. The molecule has 0 amide bonds. The Balaban J connectivity index is 1.49. The van der Waals surface area contributed by atoms with Gasteiger partial charge in [0.2, 0.25) is 0 Å². The molecule has 0 saturated carbocycles. The largest absolute Gasteiger partial charge is 0.360 e. The predicted octanol–water partition coefficient (Wildman–Crippen LogP) is 2.88. The molecular weight excluding hydrogens is 442 g/mol. The molecule has 4 heterocycles. The molecule has 1 aliphatic rings. The van der Waals surface area contributed by atoms with Crippen molar-refractivity contribution in [3.8, 4) is 5.82 Å². The van der Waals surface area contributed by atoms with Gasteiger partial charge < -0.3 is 4.52 Å². The number of Topliss-reactive ketones (excluding diaryl/α,β-unsaturated/α-hetero) is 1. The highest BCUT2D eigenvalue weighted by atomic mass is 32.2. The first kappa shape index (κ1) is 23.4. The number of ketones is 1. The quantitative estimate of drug-likeness (QED) is 0.486. The number of aryl methyl sites for hydroxylation is 3. The van der Waals surface area contributed by atoms with Crippen molar-refractivity contribution in [2.75, 3.05) is 25.1 Å². The van der Waals surface area contributed by atoms with Crippen molar-refractivity contribution in [3.63, 3.8) is 0 Å². The van der Waals surface area contributed by atoms with Gasteiger partial charge in [0, 0.05) is 40.8 Å². The molecule has 0 bridgehead atoms. The van der Waals surface area contributed by atoms with Crippen LogP contribution < -0.4 is 0 Å². The number of rotatable bonds is 7. The van der Waals surface area contributed by atoms with Gasteiger partial charge in [-0.1, -0.05) is 5.16 Å². The van der Waals surface area contributed by atoms with Crippen LogP contribution in [0.15, 0.2) is 16.7 Å². The fourth-order valence-corrected chi connectivity index (χ4v) is 6.45. The first-order valence-corrected chi connectivity index (χ1v) is 12.9. The van der Waals surface area contributed by atoms with E-state index in [2.05, 4.69) is 10.3 Å². The molecule has 1 saturated heterocycles. The SMILES string of the molecule is Cc1cc(-n2c(C)cc(C(=O)CN(C)Cc3c(C)nn(C4CCS(=O)(=O)C4)c3C)c2C)no1. The van der Waals surface area contributed by atoms with Gasteiger partial charge in [-0.15, -0.1) is 0 Å². The Bertz CT molecular complexity index is 1310. The van der Waals surface area contributed by atoms with Crippen molar-refractivity contribution in [2.45, 2.75) is 53.6 Å². The van der Waals surface area contributed by atoms with Gasteiger partial charge in [0.25, 0.3) is 0 Å². The van der Waals surface area contributed by atoms with Gasteiger partial charge >= 0.3 is 0 Å². The minimum absolute atomic E-state index is 0.0293. The lowest BCUT2D eigenvalue weighted by atomic mass is 10.1. The second-order valence-corrected chi connectivity index (χ2v) is 11.4. The number of carbonyl (C=O) groups is 1. The summed E-state index contributed by atoms with van der Waals surface area (Å²) in [6.45, 7) is 10.4. The van der Waals surface area contributed by atoms with Crippen LogP contribution in [-0.4, -0.2) is 63.7 Å². The van der Waals surface area contributed by atoms with E-state index in [0.717, 1.165) is 28.3 Å². The minimum atomic E-state index is -2.99. The number of likely N-dealkylation sites (N-methyl/N-ethyl adjacent to an activating group) is 1. The summed E-state index contributed by atoms with van der Waals surface area (Å²) < 4.78 is 32.8. The van der Waals surface area contributed by atoms with Crippen molar-refractivity contribution in [3.05, 3.63) is 51.8 Å². The van der Waals surface area contributed by atoms with Crippen LogP contribution in [0.1, 0.15) is 56.9 Å². The standard InChI is InChI=1S/C23H31N5O4S/c1-14-9-20(17(4)27(14)23-10-15(2)32-25-23)22(29)12-26(6)11-21-16(3)24-28(18(21)5)19-7-8-33(30,31)13-19/h9-10,19H,7-8,11-13H2,1-6H3. The molecule has 1 unspecified atom stereocenters. The Morgan fingerprint density at radius 1 is 1.18 bits per heavy atom. The molecule has 9 nitrogen and oxygen atoms in total. The molecule has 0 N–H and O–H groups in total. The fraction of sp³-hybridized carbons (Fsp3) is 0.522. The number of hydrogen-bond acceptors (Lipinski definition) is 7. The van der Waals surface area contributed by atoms with Gasteiger partial charge in [0.05, 0.1) is 29.8 Å². The zero-order valence-corrected chi connectivity index (χ0v) is 20.9. The number of nitrogens with zero attached hydrogens (tertiary/aromatic N) is 5. The zero-order valence-electron chi connectivity index (χ0n) is 20.0. The third-order valence-electron chi connectivity index (χ3n) is 6.45. The lowest BCUT2D eigenvalue weighted by Crippen LogP contribution is -2.26. The third-order valence-corrected chi connectivity index (χ3v) is 8.20. The first-order valence-electron chi connectivity index (χ1n) is 11.1. The summed E-state index contributed by atoms with van der Waals surface area (Å²) in [7, 11) is -1.08. The van der Waals surface area contributed by atoms with E-state index in [-0.39, 0.29) is 29.9 Å². The van der Waals surface area contributed by atoms with Crippen LogP contribution in [0.5, 0.6) is 0 Å². The summed E-state index contributed by atoms with van der Waals surface area (Å²) in [6.07, 6.45) is 0.596. The Morgan fingerprint density at radius 3 is 2.52 bits per heavy atom. The summed E-state index contributed by atoms with van der Waals surface area (Å²) in [4.78, 5) is 15.1. The van der Waals surface area contributed by atoms with Gasteiger partial charge in [-0.3, -0.25) is 18.9 Å². The topological polar surface area (TPSA) is 103 Å². The number of hydrogen-bond donors (Lipinski definition) is 0. The molecular formula is C23H31N5O4S. The second kappa shape index (κ2) is 8.57. The third kappa shape index (κ3) is 4.54. The number of aromatic nitrogens is 4. The molecule has 0 spiro atoms. The summed E-state index contributed by atoms with van der Waals surface area (Å²) in [5, 5.41) is 8.71. The molecule has 1 aliphatic heterocycles. The van der Waals surface area contributed by atoms with Crippen molar-refractivity contribution in [2.24, 2.45) is 0 Å². The highest BCUT2D eigenvalue weighted by molar-refractivity contribution is 7.91. The maximum absolute atomic E-state index is 13.1. The molecule has 1 atom stereocenters. The van der Waals surface area contributed by atoms with Gasteiger partial charge in [-0.05, 0) is 54.2 Å². The van der Waals surface area contributed by atoms with Gasteiger partial charge in [0.15, 0.2) is 21.4 Å². The van der Waals surface area contributed by atoms with E-state index in [1.54, 1.807) is 0 Å². The number of carbonyl (C=O) groups excluding carboxylic acids is 1. The lowest BCUT2D eigenvalue weighted by molar-refractivity contribution is 0.0942. The molecule has 1 fully saturated rings. The molecule has 3 aromatic rings. The Kier molecular flexibility index (Phi) is 6.09. The van der Waals surface area contributed by atoms with Crippen LogP contribution in [0, 0.1) is 34.6 Å². The smallest absolute Gasteiger partial charge is 0.180 e. The highest BCUT2D eigenvalue weighted by Gasteiger charge is 2.31. The average Bonchev–Trinajstić information content (AvgIpc) is 3.45. The van der Waals surface area contributed by atoms with Gasteiger partial charge in [-0.2, -0.15) is 5.10 Å². The molecule has 178 valence electrons. The number of sulfone groups is 1. The molecule has 33 heavy (non-hydrogen) atoms. The van der Waals surface area contributed by atoms with E-state index in [1.165, 1.54) is 0 Å². The van der Waals surface area contributed by atoms with Crippen LogP contribution in [0.25, 0.3) is 5.82 Å². The van der Waals surface area contributed by atoms with Crippen LogP contribution in [0.3, 0.4) is 0 Å². The molecule has 0 radical (unpaired) electrons. The van der Waals surface area contributed by atoms with Crippen molar-refractivity contribution in [1.29, 1.82) is 0 Å². The van der Waals surface area contributed by atoms with E-state index in [4.69, 9.17) is 4.52 Å². The predicted molar refractivity (Wildman–Crippen MR) is 125 cm³/mol. The summed E-state index contributed by atoms with van der Waals surface area (Å²) in [5.74, 6) is 1.77. The highest BCUT2D eigenvalue weighted by Crippen LogP contribution is 2.27.